The molecule has 1 aliphatic carbocycles. The lowest BCUT2D eigenvalue weighted by molar-refractivity contribution is -0.879. The third-order valence-corrected chi connectivity index (χ3v) is 5.43. The minimum absolute atomic E-state index is 0.00303. The molecule has 1 aliphatic heterocycles. The number of piperidine rings is 1. The molecular formula is C20H29NO. The highest BCUT2D eigenvalue weighted by molar-refractivity contribution is 5.67. The van der Waals surface area contributed by atoms with Crippen molar-refractivity contribution in [2.75, 3.05) is 19.6 Å². The summed E-state index contributed by atoms with van der Waals surface area (Å²) in [6, 6.07) is 10.7. The standard InChI is InChI=1S/C20H29NO/c22-21(15-8-3-9-16-21)17-14-20(18-10-4-1-5-11-18)19-12-6-2-7-13-19/h1,4-5,10-11,14,19H,2-3,6-9,12-13,15-17H2/b20-14+. The van der Waals surface area contributed by atoms with Crippen LogP contribution in [0.15, 0.2) is 36.4 Å². The van der Waals surface area contributed by atoms with Crippen LogP contribution in [0.3, 0.4) is 0 Å². The fourth-order valence-electron chi connectivity index (χ4n) is 4.10. The second kappa shape index (κ2) is 7.43. The zero-order valence-electron chi connectivity index (χ0n) is 13.7. The summed E-state index contributed by atoms with van der Waals surface area (Å²) in [6.45, 7) is 2.28. The van der Waals surface area contributed by atoms with Gasteiger partial charge in [0.15, 0.2) is 0 Å². The zero-order valence-corrected chi connectivity index (χ0v) is 13.7. The second-order valence-corrected chi connectivity index (χ2v) is 7.11. The van der Waals surface area contributed by atoms with Gasteiger partial charge in [0, 0.05) is 0 Å². The van der Waals surface area contributed by atoms with E-state index in [1.165, 1.54) is 49.7 Å². The van der Waals surface area contributed by atoms with E-state index in [0.29, 0.717) is 12.5 Å². The summed E-state index contributed by atoms with van der Waals surface area (Å²) in [7, 11) is 0. The van der Waals surface area contributed by atoms with E-state index in [2.05, 4.69) is 36.4 Å². The van der Waals surface area contributed by atoms with Gasteiger partial charge in [-0.05, 0) is 55.2 Å². The molecule has 120 valence electrons. The maximum atomic E-state index is 12.8. The lowest BCUT2D eigenvalue weighted by Gasteiger charge is -2.45. The van der Waals surface area contributed by atoms with Crippen LogP contribution in [0.4, 0.5) is 0 Å². The van der Waals surface area contributed by atoms with E-state index in [1.807, 2.05) is 0 Å². The van der Waals surface area contributed by atoms with Crippen molar-refractivity contribution < 1.29 is 4.65 Å². The Morgan fingerprint density at radius 3 is 2.27 bits per heavy atom. The fourth-order valence-corrected chi connectivity index (χ4v) is 4.10. The Morgan fingerprint density at radius 2 is 1.59 bits per heavy atom. The molecule has 1 aromatic rings. The zero-order chi connectivity index (χ0) is 15.3. The summed E-state index contributed by atoms with van der Waals surface area (Å²) >= 11 is 0. The molecule has 2 nitrogen and oxygen atoms in total. The minimum Gasteiger partial charge on any atom is -0.633 e. The smallest absolute Gasteiger partial charge is 0.0977 e. The predicted molar refractivity (Wildman–Crippen MR) is 93.1 cm³/mol. The van der Waals surface area contributed by atoms with E-state index >= 15 is 0 Å². The third kappa shape index (κ3) is 3.99. The summed E-state index contributed by atoms with van der Waals surface area (Å²) in [4.78, 5) is 0. The van der Waals surface area contributed by atoms with Gasteiger partial charge in [0.25, 0.3) is 0 Å². The van der Waals surface area contributed by atoms with Crippen molar-refractivity contribution in [3.8, 4) is 0 Å². The molecule has 2 heteroatoms. The molecule has 0 spiro atoms. The molecule has 1 heterocycles. The number of hydrogen-bond acceptors (Lipinski definition) is 1. The highest BCUT2D eigenvalue weighted by Crippen LogP contribution is 2.35. The van der Waals surface area contributed by atoms with Gasteiger partial charge in [-0.15, -0.1) is 0 Å². The molecule has 0 bridgehead atoms. The highest BCUT2D eigenvalue weighted by Gasteiger charge is 2.22. The van der Waals surface area contributed by atoms with E-state index in [1.54, 1.807) is 0 Å². The first-order valence-electron chi connectivity index (χ1n) is 9.09. The van der Waals surface area contributed by atoms with Gasteiger partial charge in [-0.2, -0.15) is 0 Å². The average Bonchev–Trinajstić information content (AvgIpc) is 2.58. The van der Waals surface area contributed by atoms with Crippen molar-refractivity contribution in [1.29, 1.82) is 0 Å². The van der Waals surface area contributed by atoms with Gasteiger partial charge in [0.1, 0.15) is 0 Å². The van der Waals surface area contributed by atoms with Crippen LogP contribution >= 0.6 is 0 Å². The first kappa shape index (κ1) is 15.8. The maximum Gasteiger partial charge on any atom is 0.0977 e. The van der Waals surface area contributed by atoms with Crippen LogP contribution in [-0.4, -0.2) is 24.3 Å². The lowest BCUT2D eigenvalue weighted by atomic mass is 9.80. The van der Waals surface area contributed by atoms with Crippen LogP contribution in [0.2, 0.25) is 0 Å². The third-order valence-electron chi connectivity index (χ3n) is 5.43. The van der Waals surface area contributed by atoms with Crippen molar-refractivity contribution in [2.45, 2.75) is 51.4 Å². The number of benzene rings is 1. The molecule has 0 N–H and O–H groups in total. The number of hydrogen-bond donors (Lipinski definition) is 0. The molecule has 0 aromatic heterocycles. The Labute approximate surface area is 135 Å². The van der Waals surface area contributed by atoms with Crippen molar-refractivity contribution in [2.24, 2.45) is 5.92 Å². The van der Waals surface area contributed by atoms with E-state index < -0.39 is 0 Å². The molecular weight excluding hydrogens is 270 g/mol. The van der Waals surface area contributed by atoms with Gasteiger partial charge >= 0.3 is 0 Å². The Morgan fingerprint density at radius 1 is 0.955 bits per heavy atom. The SMILES string of the molecule is [O-][N+]1(C/C=C(\c2ccccc2)C2CCCCC2)CCCCC1. The Hall–Kier alpha value is -1.12. The van der Waals surface area contributed by atoms with Gasteiger partial charge in [-0.1, -0.05) is 49.6 Å². The minimum atomic E-state index is 0.00303. The first-order valence-corrected chi connectivity index (χ1v) is 9.09. The van der Waals surface area contributed by atoms with Crippen LogP contribution in [0.1, 0.15) is 56.9 Å². The summed E-state index contributed by atoms with van der Waals surface area (Å²) in [5.41, 5.74) is 2.78. The van der Waals surface area contributed by atoms with Crippen LogP contribution in [0.5, 0.6) is 0 Å². The number of nitrogens with zero attached hydrogens (tertiary/aromatic N) is 1. The molecule has 22 heavy (non-hydrogen) atoms. The first-order chi connectivity index (χ1) is 10.8. The summed E-state index contributed by atoms with van der Waals surface area (Å²) < 4.78 is 0.00303. The lowest BCUT2D eigenvalue weighted by Crippen LogP contribution is -2.46. The van der Waals surface area contributed by atoms with Gasteiger partial charge in [0.2, 0.25) is 0 Å². The van der Waals surface area contributed by atoms with Crippen molar-refractivity contribution >= 4 is 5.57 Å². The van der Waals surface area contributed by atoms with Gasteiger partial charge in [-0.25, -0.2) is 0 Å². The van der Waals surface area contributed by atoms with Crippen molar-refractivity contribution in [3.63, 3.8) is 0 Å². The molecule has 2 fully saturated rings. The largest absolute Gasteiger partial charge is 0.633 e. The molecule has 1 saturated heterocycles. The molecule has 1 saturated carbocycles. The summed E-state index contributed by atoms with van der Waals surface area (Å²) in [5, 5.41) is 12.8. The van der Waals surface area contributed by atoms with Crippen LogP contribution in [0, 0.1) is 11.1 Å². The molecule has 0 atom stereocenters. The summed E-state index contributed by atoms with van der Waals surface area (Å²) in [6.07, 6.45) is 12.4. The number of quaternary nitrogens is 1. The van der Waals surface area contributed by atoms with Crippen LogP contribution < -0.4 is 0 Å². The fraction of sp³-hybridized carbons (Fsp3) is 0.600. The topological polar surface area (TPSA) is 23.1 Å². The van der Waals surface area contributed by atoms with E-state index in [-0.39, 0.29) is 4.65 Å². The number of rotatable bonds is 4. The summed E-state index contributed by atoms with van der Waals surface area (Å²) in [5.74, 6) is 0.660. The number of allylic oxidation sites excluding steroid dienone is 1. The van der Waals surface area contributed by atoms with E-state index in [4.69, 9.17) is 0 Å². The van der Waals surface area contributed by atoms with Crippen molar-refractivity contribution in [3.05, 3.63) is 47.2 Å². The normalized spacial score (nSPS) is 23.4. The van der Waals surface area contributed by atoms with Crippen LogP contribution in [0.25, 0.3) is 5.57 Å². The average molecular weight is 299 g/mol. The van der Waals surface area contributed by atoms with Gasteiger partial charge < -0.3 is 9.85 Å². The molecule has 0 unspecified atom stereocenters. The molecule has 1 aromatic carbocycles. The Kier molecular flexibility index (Phi) is 5.32. The maximum absolute atomic E-state index is 12.8. The highest BCUT2D eigenvalue weighted by atomic mass is 16.5. The van der Waals surface area contributed by atoms with Gasteiger partial charge in [-0.3, -0.25) is 0 Å². The number of hydroxylamine groups is 3. The molecule has 3 rings (SSSR count). The Bertz CT molecular complexity index is 482. The quantitative estimate of drug-likeness (QED) is 0.557. The molecule has 2 aliphatic rings. The second-order valence-electron chi connectivity index (χ2n) is 7.11. The monoisotopic (exact) mass is 299 g/mol. The number of likely N-dealkylation sites (tertiary alicyclic amines) is 1. The van der Waals surface area contributed by atoms with Crippen LogP contribution in [-0.2, 0) is 0 Å². The van der Waals surface area contributed by atoms with E-state index in [0.717, 1.165) is 25.9 Å². The van der Waals surface area contributed by atoms with E-state index in [9.17, 15) is 5.21 Å². The van der Waals surface area contributed by atoms with Gasteiger partial charge in [0.05, 0.1) is 19.6 Å². The molecule has 0 radical (unpaired) electrons. The Balaban J connectivity index is 1.79. The molecule has 0 amide bonds. The predicted octanol–water partition coefficient (Wildman–Crippen LogP) is 5.15. The van der Waals surface area contributed by atoms with Crippen molar-refractivity contribution in [1.82, 2.24) is 0 Å².